The number of nitrogens with one attached hydrogen (secondary N) is 1. The van der Waals surface area contributed by atoms with Gasteiger partial charge in [-0.3, -0.25) is 4.79 Å². The lowest BCUT2D eigenvalue weighted by atomic mass is 9.93. The highest BCUT2D eigenvalue weighted by Crippen LogP contribution is 2.30. The molecule has 1 fully saturated rings. The highest BCUT2D eigenvalue weighted by molar-refractivity contribution is 5.77. The summed E-state index contributed by atoms with van der Waals surface area (Å²) in [5.74, 6) is 0.143. The van der Waals surface area contributed by atoms with Crippen LogP contribution in [0.5, 0.6) is 0 Å². The van der Waals surface area contributed by atoms with E-state index in [4.69, 9.17) is 5.73 Å². The average molecular weight is 222 g/mol. The lowest BCUT2D eigenvalue weighted by Gasteiger charge is -2.25. The van der Waals surface area contributed by atoms with Gasteiger partial charge in [0, 0.05) is 18.0 Å². The molecule has 0 saturated heterocycles. The van der Waals surface area contributed by atoms with Crippen molar-refractivity contribution in [3.05, 3.63) is 12.2 Å². The van der Waals surface area contributed by atoms with Gasteiger partial charge in [-0.1, -0.05) is 25.0 Å². The van der Waals surface area contributed by atoms with Crippen LogP contribution in [-0.4, -0.2) is 17.5 Å². The van der Waals surface area contributed by atoms with E-state index in [0.717, 1.165) is 32.1 Å². The molecule has 3 nitrogen and oxygen atoms in total. The summed E-state index contributed by atoms with van der Waals surface area (Å²) in [6, 6.07) is 0.336. The van der Waals surface area contributed by atoms with E-state index >= 15 is 0 Å². The van der Waals surface area contributed by atoms with E-state index in [1.807, 2.05) is 0 Å². The van der Waals surface area contributed by atoms with E-state index in [0.29, 0.717) is 12.5 Å². The smallest absolute Gasteiger partial charge is 0.222 e. The Morgan fingerprint density at radius 1 is 1.38 bits per heavy atom. The largest absolute Gasteiger partial charge is 0.353 e. The van der Waals surface area contributed by atoms with Gasteiger partial charge in [0.15, 0.2) is 0 Å². The minimum absolute atomic E-state index is 0.143. The molecular weight excluding hydrogens is 200 g/mol. The van der Waals surface area contributed by atoms with Crippen LogP contribution < -0.4 is 11.1 Å². The highest BCUT2D eigenvalue weighted by Gasteiger charge is 2.32. The van der Waals surface area contributed by atoms with E-state index in [1.165, 1.54) is 12.8 Å². The van der Waals surface area contributed by atoms with Gasteiger partial charge >= 0.3 is 0 Å². The topological polar surface area (TPSA) is 55.1 Å². The first-order valence-electron chi connectivity index (χ1n) is 6.41. The summed E-state index contributed by atoms with van der Waals surface area (Å²) in [7, 11) is 0. The van der Waals surface area contributed by atoms with Crippen LogP contribution in [0.3, 0.4) is 0 Å². The SMILES string of the molecule is NC1(CC(=O)NC2CC=CCC2)CCCC1. The van der Waals surface area contributed by atoms with Crippen molar-refractivity contribution < 1.29 is 4.79 Å². The Morgan fingerprint density at radius 2 is 2.12 bits per heavy atom. The van der Waals surface area contributed by atoms with E-state index < -0.39 is 0 Å². The van der Waals surface area contributed by atoms with Crippen LogP contribution >= 0.6 is 0 Å². The second-order valence-corrected chi connectivity index (χ2v) is 5.30. The second-order valence-electron chi connectivity index (χ2n) is 5.30. The Morgan fingerprint density at radius 3 is 2.75 bits per heavy atom. The van der Waals surface area contributed by atoms with Gasteiger partial charge in [-0.2, -0.15) is 0 Å². The number of amides is 1. The molecule has 1 unspecified atom stereocenters. The second kappa shape index (κ2) is 5.00. The fraction of sp³-hybridized carbons (Fsp3) is 0.769. The molecule has 2 rings (SSSR count). The van der Waals surface area contributed by atoms with Gasteiger partial charge in [0.25, 0.3) is 0 Å². The van der Waals surface area contributed by atoms with E-state index in [2.05, 4.69) is 17.5 Å². The third-order valence-electron chi connectivity index (χ3n) is 3.75. The van der Waals surface area contributed by atoms with Gasteiger partial charge in [0.05, 0.1) is 0 Å². The van der Waals surface area contributed by atoms with Crippen molar-refractivity contribution in [1.82, 2.24) is 5.32 Å². The number of carbonyl (C=O) groups is 1. The number of nitrogens with two attached hydrogens (primary N) is 1. The Bertz CT molecular complexity index is 280. The van der Waals surface area contributed by atoms with Crippen molar-refractivity contribution in [1.29, 1.82) is 0 Å². The lowest BCUT2D eigenvalue weighted by molar-refractivity contribution is -0.123. The van der Waals surface area contributed by atoms with Crippen LogP contribution in [0.1, 0.15) is 51.4 Å². The molecule has 0 spiro atoms. The Balaban J connectivity index is 1.77. The zero-order chi connectivity index (χ0) is 11.4. The zero-order valence-electron chi connectivity index (χ0n) is 9.87. The molecule has 0 radical (unpaired) electrons. The van der Waals surface area contributed by atoms with Gasteiger partial charge in [0.2, 0.25) is 5.91 Å². The van der Waals surface area contributed by atoms with Crippen LogP contribution in [0, 0.1) is 0 Å². The van der Waals surface area contributed by atoms with Crippen LogP contribution in [0.25, 0.3) is 0 Å². The standard InChI is InChI=1S/C13H22N2O/c14-13(8-4-5-9-13)10-12(16)15-11-6-2-1-3-7-11/h1-2,11H,3-10,14H2,(H,15,16). The van der Waals surface area contributed by atoms with Crippen LogP contribution in [0.4, 0.5) is 0 Å². The number of allylic oxidation sites excluding steroid dienone is 1. The van der Waals surface area contributed by atoms with Crippen molar-refractivity contribution in [2.24, 2.45) is 5.73 Å². The van der Waals surface area contributed by atoms with E-state index in [-0.39, 0.29) is 11.4 Å². The maximum absolute atomic E-state index is 11.9. The van der Waals surface area contributed by atoms with Crippen molar-refractivity contribution >= 4 is 5.91 Å². The van der Waals surface area contributed by atoms with Crippen molar-refractivity contribution in [2.75, 3.05) is 0 Å². The summed E-state index contributed by atoms with van der Waals surface area (Å²) in [6.07, 6.45) is 12.3. The molecule has 1 saturated carbocycles. The molecule has 0 aliphatic heterocycles. The van der Waals surface area contributed by atoms with Gasteiger partial charge in [-0.25, -0.2) is 0 Å². The average Bonchev–Trinajstić information content (AvgIpc) is 2.66. The van der Waals surface area contributed by atoms with E-state index in [1.54, 1.807) is 0 Å². The molecule has 0 aromatic rings. The molecule has 0 aromatic heterocycles. The predicted molar refractivity (Wildman–Crippen MR) is 64.9 cm³/mol. The number of carbonyl (C=O) groups excluding carboxylic acids is 1. The minimum atomic E-state index is -0.214. The van der Waals surface area contributed by atoms with Gasteiger partial charge < -0.3 is 11.1 Å². The van der Waals surface area contributed by atoms with Gasteiger partial charge in [-0.15, -0.1) is 0 Å². The summed E-state index contributed by atoms with van der Waals surface area (Å²) in [5.41, 5.74) is 5.98. The van der Waals surface area contributed by atoms with Gasteiger partial charge in [-0.05, 0) is 32.1 Å². The number of hydrogen-bond acceptors (Lipinski definition) is 2. The van der Waals surface area contributed by atoms with Gasteiger partial charge in [0.1, 0.15) is 0 Å². The van der Waals surface area contributed by atoms with Crippen molar-refractivity contribution in [3.63, 3.8) is 0 Å². The molecule has 0 heterocycles. The minimum Gasteiger partial charge on any atom is -0.353 e. The predicted octanol–water partition coefficient (Wildman–Crippen LogP) is 1.87. The first-order valence-corrected chi connectivity index (χ1v) is 6.41. The Kier molecular flexibility index (Phi) is 3.64. The summed E-state index contributed by atoms with van der Waals surface area (Å²) in [6.45, 7) is 0. The fourth-order valence-corrected chi connectivity index (χ4v) is 2.78. The number of hydrogen-bond donors (Lipinski definition) is 2. The molecule has 1 atom stereocenters. The summed E-state index contributed by atoms with van der Waals surface area (Å²) in [4.78, 5) is 11.9. The normalized spacial score (nSPS) is 27.9. The maximum Gasteiger partial charge on any atom is 0.222 e. The fourth-order valence-electron chi connectivity index (χ4n) is 2.78. The molecule has 2 aliphatic carbocycles. The highest BCUT2D eigenvalue weighted by atomic mass is 16.1. The quantitative estimate of drug-likeness (QED) is 0.716. The van der Waals surface area contributed by atoms with Crippen molar-refractivity contribution in [2.45, 2.75) is 62.9 Å². The molecule has 90 valence electrons. The first kappa shape index (κ1) is 11.6. The first-order chi connectivity index (χ1) is 7.68. The third kappa shape index (κ3) is 3.08. The van der Waals surface area contributed by atoms with Crippen LogP contribution in [0.2, 0.25) is 0 Å². The molecule has 0 bridgehead atoms. The molecule has 3 N–H and O–H groups in total. The molecular formula is C13H22N2O. The Hall–Kier alpha value is -0.830. The van der Waals surface area contributed by atoms with Crippen molar-refractivity contribution in [3.8, 4) is 0 Å². The zero-order valence-corrected chi connectivity index (χ0v) is 9.87. The molecule has 3 heteroatoms. The summed E-state index contributed by atoms with van der Waals surface area (Å²) >= 11 is 0. The summed E-state index contributed by atoms with van der Waals surface area (Å²) in [5, 5.41) is 3.10. The maximum atomic E-state index is 11.9. The summed E-state index contributed by atoms with van der Waals surface area (Å²) < 4.78 is 0. The van der Waals surface area contributed by atoms with Crippen LogP contribution in [0.15, 0.2) is 12.2 Å². The van der Waals surface area contributed by atoms with Crippen LogP contribution in [-0.2, 0) is 4.79 Å². The molecule has 16 heavy (non-hydrogen) atoms. The monoisotopic (exact) mass is 222 g/mol. The molecule has 2 aliphatic rings. The number of rotatable bonds is 3. The molecule has 0 aromatic carbocycles. The lowest BCUT2D eigenvalue weighted by Crippen LogP contribution is -2.44. The third-order valence-corrected chi connectivity index (χ3v) is 3.75. The molecule has 1 amide bonds. The van der Waals surface area contributed by atoms with E-state index in [9.17, 15) is 4.79 Å². The Labute approximate surface area is 97.5 Å².